The lowest BCUT2D eigenvalue weighted by atomic mass is 10.2. The molecule has 8 heteroatoms. The molecule has 1 aromatic heterocycles. The number of nitriles is 1. The van der Waals surface area contributed by atoms with Gasteiger partial charge in [0.2, 0.25) is 0 Å². The number of rotatable bonds is 3. The van der Waals surface area contributed by atoms with Crippen LogP contribution in [0, 0.1) is 20.7 Å². The number of halogens is 2. The Labute approximate surface area is 128 Å². The summed E-state index contributed by atoms with van der Waals surface area (Å²) in [6, 6.07) is 8.11. The zero-order chi connectivity index (χ0) is 14.8. The molecule has 0 amide bonds. The van der Waals surface area contributed by atoms with Crippen molar-refractivity contribution < 1.29 is 12.8 Å². The van der Waals surface area contributed by atoms with Gasteiger partial charge in [-0.2, -0.15) is 5.26 Å². The monoisotopic (exact) mass is 403 g/mol. The van der Waals surface area contributed by atoms with Crippen molar-refractivity contribution in [1.29, 1.82) is 5.26 Å². The molecule has 0 fully saturated rings. The number of sulfonamides is 1. The van der Waals surface area contributed by atoms with Gasteiger partial charge in [0.05, 0.1) is 0 Å². The Morgan fingerprint density at radius 1 is 1.30 bits per heavy atom. The quantitative estimate of drug-likeness (QED) is 0.799. The molecule has 1 N–H and O–H groups in total. The van der Waals surface area contributed by atoms with Crippen molar-refractivity contribution in [1.82, 2.24) is 4.98 Å². The Bertz CT molecular complexity index is 785. The van der Waals surface area contributed by atoms with Gasteiger partial charge in [0.25, 0.3) is 10.0 Å². The maximum Gasteiger partial charge on any atom is 0.264 e. The first kappa shape index (κ1) is 14.7. The summed E-state index contributed by atoms with van der Waals surface area (Å²) in [5, 5.41) is 8.87. The predicted molar refractivity (Wildman–Crippen MR) is 78.9 cm³/mol. The molecular formula is C12H7FIN3O2S. The zero-order valence-corrected chi connectivity index (χ0v) is 12.8. The van der Waals surface area contributed by atoms with E-state index in [1.54, 1.807) is 12.1 Å². The summed E-state index contributed by atoms with van der Waals surface area (Å²) in [6.45, 7) is 0. The van der Waals surface area contributed by atoms with Crippen molar-refractivity contribution in [3.05, 3.63) is 51.5 Å². The van der Waals surface area contributed by atoms with Gasteiger partial charge >= 0.3 is 0 Å². The Balaban J connectivity index is 2.44. The van der Waals surface area contributed by atoms with Gasteiger partial charge in [-0.1, -0.05) is 6.07 Å². The number of aromatic nitrogens is 1. The standard InChI is InChI=1S/C12H7FIN3O2S/c13-10-2-1-3-11(9(10)6-15)20(18,19)17-12-5-4-8(14)7-16-12/h1-5,7H,(H,16,17). The lowest BCUT2D eigenvalue weighted by Crippen LogP contribution is -2.15. The summed E-state index contributed by atoms with van der Waals surface area (Å²) in [6.07, 6.45) is 1.48. The van der Waals surface area contributed by atoms with E-state index >= 15 is 0 Å². The highest BCUT2D eigenvalue weighted by Gasteiger charge is 2.21. The SMILES string of the molecule is N#Cc1c(F)cccc1S(=O)(=O)Nc1ccc(I)cn1. The van der Waals surface area contributed by atoms with Gasteiger partial charge in [0.15, 0.2) is 0 Å². The lowest BCUT2D eigenvalue weighted by Gasteiger charge is -2.08. The van der Waals surface area contributed by atoms with E-state index < -0.39 is 26.3 Å². The molecule has 1 aromatic carbocycles. The van der Waals surface area contributed by atoms with E-state index in [2.05, 4.69) is 9.71 Å². The molecule has 1 heterocycles. The Morgan fingerprint density at radius 3 is 2.65 bits per heavy atom. The van der Waals surface area contributed by atoms with E-state index in [1.165, 1.54) is 18.3 Å². The Hall–Kier alpha value is -1.73. The molecule has 0 aliphatic rings. The fourth-order valence-corrected chi connectivity index (χ4v) is 2.96. The first-order chi connectivity index (χ1) is 9.44. The van der Waals surface area contributed by atoms with Crippen LogP contribution in [-0.4, -0.2) is 13.4 Å². The Morgan fingerprint density at radius 2 is 2.05 bits per heavy atom. The third kappa shape index (κ3) is 3.05. The Kier molecular flexibility index (Phi) is 4.20. The molecular weight excluding hydrogens is 396 g/mol. The molecule has 0 bridgehead atoms. The molecule has 0 saturated carbocycles. The second-order valence-electron chi connectivity index (χ2n) is 3.69. The average Bonchev–Trinajstić information content (AvgIpc) is 2.41. The van der Waals surface area contributed by atoms with Crippen molar-refractivity contribution >= 4 is 38.4 Å². The lowest BCUT2D eigenvalue weighted by molar-refractivity contribution is 0.593. The minimum absolute atomic E-state index is 0.0959. The first-order valence-electron chi connectivity index (χ1n) is 5.27. The molecule has 0 aliphatic carbocycles. The van der Waals surface area contributed by atoms with Gasteiger partial charge in [-0.05, 0) is 46.9 Å². The maximum absolute atomic E-state index is 13.4. The van der Waals surface area contributed by atoms with Gasteiger partial charge in [0.1, 0.15) is 28.2 Å². The highest BCUT2D eigenvalue weighted by molar-refractivity contribution is 14.1. The van der Waals surface area contributed by atoms with Gasteiger partial charge < -0.3 is 0 Å². The van der Waals surface area contributed by atoms with Crippen LogP contribution in [0.15, 0.2) is 41.4 Å². The van der Waals surface area contributed by atoms with Crippen molar-refractivity contribution in [2.45, 2.75) is 4.90 Å². The normalized spacial score (nSPS) is 10.8. The van der Waals surface area contributed by atoms with E-state index in [-0.39, 0.29) is 5.82 Å². The number of nitrogens with one attached hydrogen (secondary N) is 1. The van der Waals surface area contributed by atoms with Crippen LogP contribution in [0.2, 0.25) is 0 Å². The molecule has 0 atom stereocenters. The molecule has 0 spiro atoms. The van der Waals surface area contributed by atoms with E-state index in [0.717, 1.165) is 15.7 Å². The fraction of sp³-hybridized carbons (Fsp3) is 0. The highest BCUT2D eigenvalue weighted by atomic mass is 127. The van der Waals surface area contributed by atoms with E-state index in [9.17, 15) is 12.8 Å². The molecule has 5 nitrogen and oxygen atoms in total. The van der Waals surface area contributed by atoms with Gasteiger partial charge in [0, 0.05) is 9.77 Å². The molecule has 0 unspecified atom stereocenters. The molecule has 0 aliphatic heterocycles. The zero-order valence-electron chi connectivity index (χ0n) is 9.84. The smallest absolute Gasteiger partial charge is 0.263 e. The van der Waals surface area contributed by atoms with Crippen molar-refractivity contribution in [3.63, 3.8) is 0 Å². The summed E-state index contributed by atoms with van der Waals surface area (Å²) in [7, 11) is -4.07. The number of pyridine rings is 1. The largest absolute Gasteiger partial charge is 0.264 e. The second kappa shape index (κ2) is 5.72. The van der Waals surface area contributed by atoms with Crippen LogP contribution in [0.25, 0.3) is 0 Å². The molecule has 2 rings (SSSR count). The number of nitrogens with zero attached hydrogens (tertiary/aromatic N) is 2. The van der Waals surface area contributed by atoms with Crippen molar-refractivity contribution in [2.75, 3.05) is 4.72 Å². The van der Waals surface area contributed by atoms with Crippen LogP contribution in [0.4, 0.5) is 10.2 Å². The molecule has 20 heavy (non-hydrogen) atoms. The summed E-state index contributed by atoms with van der Waals surface area (Å²) in [5.41, 5.74) is -0.523. The van der Waals surface area contributed by atoms with Crippen molar-refractivity contribution in [3.8, 4) is 6.07 Å². The minimum Gasteiger partial charge on any atom is -0.263 e. The third-order valence-corrected chi connectivity index (χ3v) is 4.38. The van der Waals surface area contributed by atoms with E-state index in [4.69, 9.17) is 5.26 Å². The van der Waals surface area contributed by atoms with Gasteiger partial charge in [-0.15, -0.1) is 0 Å². The number of anilines is 1. The minimum atomic E-state index is -4.07. The molecule has 102 valence electrons. The molecule has 0 saturated heterocycles. The van der Waals surface area contributed by atoms with Crippen LogP contribution >= 0.6 is 22.6 Å². The van der Waals surface area contributed by atoms with Gasteiger partial charge in [-0.25, -0.2) is 17.8 Å². The highest BCUT2D eigenvalue weighted by Crippen LogP contribution is 2.20. The fourth-order valence-electron chi connectivity index (χ4n) is 1.47. The summed E-state index contributed by atoms with van der Waals surface area (Å²) >= 11 is 2.03. The third-order valence-electron chi connectivity index (χ3n) is 2.34. The van der Waals surface area contributed by atoms with E-state index in [1.807, 2.05) is 22.6 Å². The van der Waals surface area contributed by atoms with Crippen LogP contribution in [0.5, 0.6) is 0 Å². The number of hydrogen-bond donors (Lipinski definition) is 1. The van der Waals surface area contributed by atoms with Crippen molar-refractivity contribution in [2.24, 2.45) is 0 Å². The average molecular weight is 403 g/mol. The van der Waals surface area contributed by atoms with E-state index in [0.29, 0.717) is 0 Å². The summed E-state index contributed by atoms with van der Waals surface area (Å²) in [5.74, 6) is -0.787. The van der Waals surface area contributed by atoms with Gasteiger partial charge in [-0.3, -0.25) is 4.72 Å². The topological polar surface area (TPSA) is 82.8 Å². The molecule has 2 aromatic rings. The maximum atomic E-state index is 13.4. The number of hydrogen-bond acceptors (Lipinski definition) is 4. The summed E-state index contributed by atoms with van der Waals surface area (Å²) in [4.78, 5) is 3.48. The second-order valence-corrected chi connectivity index (χ2v) is 6.59. The van der Waals surface area contributed by atoms with Crippen LogP contribution < -0.4 is 4.72 Å². The summed E-state index contributed by atoms with van der Waals surface area (Å²) < 4.78 is 40.8. The predicted octanol–water partition coefficient (Wildman–Crippen LogP) is 2.50. The molecule has 0 radical (unpaired) electrons. The van der Waals surface area contributed by atoms with Crippen LogP contribution in [0.1, 0.15) is 5.56 Å². The van der Waals surface area contributed by atoms with Crippen LogP contribution in [-0.2, 0) is 10.0 Å². The first-order valence-corrected chi connectivity index (χ1v) is 7.83. The van der Waals surface area contributed by atoms with Crippen LogP contribution in [0.3, 0.4) is 0 Å². The number of benzene rings is 1.